The zero-order chi connectivity index (χ0) is 17.5. The molecule has 2 unspecified atom stereocenters. The Kier molecular flexibility index (Phi) is 4.03. The Hall–Kier alpha value is -2.44. The first kappa shape index (κ1) is 16.4. The van der Waals surface area contributed by atoms with Gasteiger partial charge in [-0.3, -0.25) is 4.79 Å². The molecule has 1 aromatic carbocycles. The van der Waals surface area contributed by atoms with Crippen molar-refractivity contribution in [2.75, 3.05) is 24.3 Å². The lowest BCUT2D eigenvalue weighted by Gasteiger charge is -2.20. The average Bonchev–Trinajstić information content (AvgIpc) is 3.12. The number of anilines is 2. The SMILES string of the molecule is CN(C)c1ccc(C(F)(F)F)cc1NC(=O)C1CC1c1ccco1. The van der Waals surface area contributed by atoms with Crippen LogP contribution in [0, 0.1) is 5.92 Å². The molecule has 0 aliphatic heterocycles. The summed E-state index contributed by atoms with van der Waals surface area (Å²) >= 11 is 0. The molecule has 3 rings (SSSR count). The molecule has 0 bridgehead atoms. The second-order valence-corrected chi connectivity index (χ2v) is 6.08. The van der Waals surface area contributed by atoms with Crippen LogP contribution in [0.4, 0.5) is 24.5 Å². The molecule has 7 heteroatoms. The number of benzene rings is 1. The van der Waals surface area contributed by atoms with E-state index < -0.39 is 11.7 Å². The van der Waals surface area contributed by atoms with Crippen LogP contribution in [0.1, 0.15) is 23.7 Å². The molecule has 1 heterocycles. The lowest BCUT2D eigenvalue weighted by molar-refractivity contribution is -0.137. The number of hydrogen-bond acceptors (Lipinski definition) is 3. The van der Waals surface area contributed by atoms with Crippen LogP contribution < -0.4 is 10.2 Å². The van der Waals surface area contributed by atoms with Crippen molar-refractivity contribution >= 4 is 17.3 Å². The van der Waals surface area contributed by atoms with E-state index in [9.17, 15) is 18.0 Å². The lowest BCUT2D eigenvalue weighted by atomic mass is 10.1. The van der Waals surface area contributed by atoms with Crippen LogP contribution in [0.2, 0.25) is 0 Å². The zero-order valence-corrected chi connectivity index (χ0v) is 13.2. The maximum atomic E-state index is 12.9. The van der Waals surface area contributed by atoms with Crippen LogP contribution in [0.25, 0.3) is 0 Å². The van der Waals surface area contributed by atoms with Gasteiger partial charge < -0.3 is 14.6 Å². The second-order valence-electron chi connectivity index (χ2n) is 6.08. The summed E-state index contributed by atoms with van der Waals surface area (Å²) in [7, 11) is 3.42. The number of furan rings is 1. The topological polar surface area (TPSA) is 45.5 Å². The normalized spacial score (nSPS) is 19.9. The minimum absolute atomic E-state index is 0.00592. The highest BCUT2D eigenvalue weighted by molar-refractivity contribution is 5.98. The maximum absolute atomic E-state index is 12.9. The molecule has 1 amide bonds. The molecular weight excluding hydrogens is 321 g/mol. The van der Waals surface area contributed by atoms with Crippen LogP contribution >= 0.6 is 0 Å². The van der Waals surface area contributed by atoms with Gasteiger partial charge in [0.05, 0.1) is 23.2 Å². The molecule has 0 radical (unpaired) electrons. The molecule has 0 spiro atoms. The Morgan fingerprint density at radius 3 is 2.62 bits per heavy atom. The maximum Gasteiger partial charge on any atom is 0.416 e. The van der Waals surface area contributed by atoms with E-state index in [2.05, 4.69) is 5.32 Å². The number of amides is 1. The summed E-state index contributed by atoms with van der Waals surface area (Å²) in [5.41, 5.74) is -0.113. The highest BCUT2D eigenvalue weighted by Crippen LogP contribution is 2.48. The number of hydrogen-bond donors (Lipinski definition) is 1. The number of nitrogens with one attached hydrogen (secondary N) is 1. The van der Waals surface area contributed by atoms with Gasteiger partial charge in [0.1, 0.15) is 5.76 Å². The van der Waals surface area contributed by atoms with E-state index in [-0.39, 0.29) is 23.4 Å². The Morgan fingerprint density at radius 1 is 1.29 bits per heavy atom. The quantitative estimate of drug-likeness (QED) is 0.913. The lowest BCUT2D eigenvalue weighted by Crippen LogP contribution is -2.19. The van der Waals surface area contributed by atoms with Gasteiger partial charge in [-0.15, -0.1) is 0 Å². The fourth-order valence-electron chi connectivity index (χ4n) is 2.73. The van der Waals surface area contributed by atoms with Gasteiger partial charge in [-0.1, -0.05) is 0 Å². The third-order valence-corrected chi connectivity index (χ3v) is 4.10. The first-order valence-electron chi connectivity index (χ1n) is 7.50. The van der Waals surface area contributed by atoms with E-state index in [0.717, 1.165) is 17.9 Å². The van der Waals surface area contributed by atoms with Crippen LogP contribution in [-0.4, -0.2) is 20.0 Å². The standard InChI is InChI=1S/C17H17F3N2O2/c1-22(2)14-6-5-10(17(18,19)20)8-13(14)21-16(23)12-9-11(12)15-4-3-7-24-15/h3-8,11-12H,9H2,1-2H3,(H,21,23). The number of halogens is 3. The molecule has 24 heavy (non-hydrogen) atoms. The Balaban J connectivity index is 1.79. The molecule has 1 aliphatic rings. The monoisotopic (exact) mass is 338 g/mol. The smallest absolute Gasteiger partial charge is 0.416 e. The molecule has 128 valence electrons. The number of carbonyl (C=O) groups excluding carboxylic acids is 1. The van der Waals surface area contributed by atoms with E-state index in [4.69, 9.17) is 4.42 Å². The van der Waals surface area contributed by atoms with Crippen molar-refractivity contribution in [1.29, 1.82) is 0 Å². The van der Waals surface area contributed by atoms with Crippen molar-refractivity contribution in [3.05, 3.63) is 47.9 Å². The van der Waals surface area contributed by atoms with Crippen LogP contribution in [-0.2, 0) is 11.0 Å². The predicted octanol–water partition coefficient (Wildman–Crippen LogP) is 4.11. The van der Waals surface area contributed by atoms with E-state index in [1.165, 1.54) is 6.07 Å². The highest BCUT2D eigenvalue weighted by atomic mass is 19.4. The van der Waals surface area contributed by atoms with Gasteiger partial charge in [0.2, 0.25) is 5.91 Å². The van der Waals surface area contributed by atoms with Crippen molar-refractivity contribution in [2.45, 2.75) is 18.5 Å². The molecular formula is C17H17F3N2O2. The summed E-state index contributed by atoms with van der Waals surface area (Å²) in [6.07, 6.45) is -2.28. The molecule has 2 aromatic rings. The summed E-state index contributed by atoms with van der Waals surface area (Å²) in [6.45, 7) is 0. The first-order chi connectivity index (χ1) is 11.3. The molecule has 1 N–H and O–H groups in total. The van der Waals surface area contributed by atoms with Crippen LogP contribution in [0.15, 0.2) is 41.0 Å². The molecule has 1 aromatic heterocycles. The predicted molar refractivity (Wildman–Crippen MR) is 84.0 cm³/mol. The van der Waals surface area contributed by atoms with E-state index in [1.54, 1.807) is 37.4 Å². The fourth-order valence-corrected chi connectivity index (χ4v) is 2.73. The first-order valence-corrected chi connectivity index (χ1v) is 7.50. The minimum Gasteiger partial charge on any atom is -0.469 e. The highest BCUT2D eigenvalue weighted by Gasteiger charge is 2.46. The fraction of sp³-hybridized carbons (Fsp3) is 0.353. The Bertz CT molecular complexity index is 739. The Morgan fingerprint density at radius 2 is 2.04 bits per heavy atom. The van der Waals surface area contributed by atoms with E-state index >= 15 is 0 Å². The van der Waals surface area contributed by atoms with E-state index in [0.29, 0.717) is 12.1 Å². The average molecular weight is 338 g/mol. The molecule has 2 atom stereocenters. The van der Waals surface area contributed by atoms with Crippen LogP contribution in [0.5, 0.6) is 0 Å². The van der Waals surface area contributed by atoms with Gasteiger partial charge >= 0.3 is 6.18 Å². The molecule has 4 nitrogen and oxygen atoms in total. The van der Waals surface area contributed by atoms with Crippen molar-refractivity contribution in [3.63, 3.8) is 0 Å². The van der Waals surface area contributed by atoms with Gasteiger partial charge in [-0.25, -0.2) is 0 Å². The van der Waals surface area contributed by atoms with Gasteiger partial charge in [0.25, 0.3) is 0 Å². The second kappa shape index (κ2) is 5.89. The third-order valence-electron chi connectivity index (χ3n) is 4.10. The van der Waals surface area contributed by atoms with Crippen molar-refractivity contribution < 1.29 is 22.4 Å². The Labute approximate surface area is 137 Å². The van der Waals surface area contributed by atoms with Crippen molar-refractivity contribution in [1.82, 2.24) is 0 Å². The van der Waals surface area contributed by atoms with Crippen LogP contribution in [0.3, 0.4) is 0 Å². The van der Waals surface area contributed by atoms with Crippen molar-refractivity contribution in [3.8, 4) is 0 Å². The zero-order valence-electron chi connectivity index (χ0n) is 13.2. The van der Waals surface area contributed by atoms with Crippen molar-refractivity contribution in [2.24, 2.45) is 5.92 Å². The van der Waals surface area contributed by atoms with Gasteiger partial charge in [0, 0.05) is 25.9 Å². The number of carbonyl (C=O) groups is 1. The van der Waals surface area contributed by atoms with Gasteiger partial charge in [-0.2, -0.15) is 13.2 Å². The summed E-state index contributed by atoms with van der Waals surface area (Å²) < 4.78 is 44.0. The summed E-state index contributed by atoms with van der Waals surface area (Å²) in [6, 6.07) is 6.88. The number of rotatable bonds is 4. The van der Waals surface area contributed by atoms with Gasteiger partial charge in [0.15, 0.2) is 0 Å². The molecule has 1 fully saturated rings. The number of nitrogens with zero attached hydrogens (tertiary/aromatic N) is 1. The number of alkyl halides is 3. The summed E-state index contributed by atoms with van der Waals surface area (Å²) in [5.74, 6) is 0.153. The third kappa shape index (κ3) is 3.25. The largest absolute Gasteiger partial charge is 0.469 e. The molecule has 1 saturated carbocycles. The minimum atomic E-state index is -4.46. The summed E-state index contributed by atoms with van der Waals surface area (Å²) in [4.78, 5) is 14.0. The van der Waals surface area contributed by atoms with Gasteiger partial charge in [-0.05, 0) is 36.8 Å². The molecule has 1 aliphatic carbocycles. The van der Waals surface area contributed by atoms with E-state index in [1.807, 2.05) is 0 Å². The summed E-state index contributed by atoms with van der Waals surface area (Å²) in [5, 5.41) is 2.64. The molecule has 0 saturated heterocycles.